The molecule has 1 fully saturated rings. The van der Waals surface area contributed by atoms with Crippen LogP contribution in [0.15, 0.2) is 21.1 Å². The maximum atomic E-state index is 11.8. The first-order valence-corrected chi connectivity index (χ1v) is 7.12. The summed E-state index contributed by atoms with van der Waals surface area (Å²) in [5, 5.41) is 3.33. The average Bonchev–Trinajstić information content (AvgIpc) is 2.84. The van der Waals surface area contributed by atoms with Crippen LogP contribution in [0, 0.1) is 0 Å². The Labute approximate surface area is 122 Å². The van der Waals surface area contributed by atoms with Gasteiger partial charge in [0.05, 0.1) is 31.0 Å². The highest BCUT2D eigenvalue weighted by Crippen LogP contribution is 2.32. The van der Waals surface area contributed by atoms with Gasteiger partial charge in [0.1, 0.15) is 0 Å². The number of rotatable bonds is 3. The Kier molecular flexibility index (Phi) is 4.64. The predicted octanol–water partition coefficient (Wildman–Crippen LogP) is 3.20. The molecule has 0 saturated carbocycles. The molecule has 98 valence electrons. The predicted molar refractivity (Wildman–Crippen MR) is 76.0 cm³/mol. The Morgan fingerprint density at radius 3 is 2.89 bits per heavy atom. The first kappa shape index (κ1) is 13.8. The number of anilines is 1. The molecule has 4 nitrogen and oxygen atoms in total. The van der Waals surface area contributed by atoms with Crippen LogP contribution in [0.25, 0.3) is 0 Å². The Morgan fingerprint density at radius 1 is 1.50 bits per heavy atom. The van der Waals surface area contributed by atoms with Crippen LogP contribution in [-0.2, 0) is 9.47 Å². The highest BCUT2D eigenvalue weighted by molar-refractivity contribution is 9.11. The lowest BCUT2D eigenvalue weighted by Gasteiger charge is -2.17. The van der Waals surface area contributed by atoms with Gasteiger partial charge in [-0.1, -0.05) is 15.9 Å². The third-order valence-corrected chi connectivity index (χ3v) is 3.82. The zero-order valence-corrected chi connectivity index (χ0v) is 13.0. The molecule has 1 aromatic carbocycles. The number of esters is 1. The van der Waals surface area contributed by atoms with Crippen LogP contribution >= 0.6 is 31.9 Å². The van der Waals surface area contributed by atoms with Crippen molar-refractivity contribution in [2.45, 2.75) is 12.5 Å². The lowest BCUT2D eigenvalue weighted by atomic mass is 10.1. The van der Waals surface area contributed by atoms with Gasteiger partial charge in [-0.25, -0.2) is 4.79 Å². The molecule has 0 radical (unpaired) electrons. The van der Waals surface area contributed by atoms with Crippen molar-refractivity contribution in [3.8, 4) is 0 Å². The topological polar surface area (TPSA) is 47.6 Å². The lowest BCUT2D eigenvalue weighted by molar-refractivity contribution is 0.0601. The van der Waals surface area contributed by atoms with Crippen molar-refractivity contribution in [3.05, 3.63) is 26.6 Å². The average molecular weight is 379 g/mol. The van der Waals surface area contributed by atoms with Crippen molar-refractivity contribution in [1.29, 1.82) is 0 Å². The van der Waals surface area contributed by atoms with Gasteiger partial charge in [-0.2, -0.15) is 0 Å². The molecule has 18 heavy (non-hydrogen) atoms. The molecule has 6 heteroatoms. The molecule has 1 aliphatic heterocycles. The highest BCUT2D eigenvalue weighted by atomic mass is 79.9. The van der Waals surface area contributed by atoms with Crippen molar-refractivity contribution >= 4 is 43.5 Å². The fraction of sp³-hybridized carbons (Fsp3) is 0.417. The number of halogens is 2. The lowest BCUT2D eigenvalue weighted by Crippen LogP contribution is -2.21. The Morgan fingerprint density at radius 2 is 2.28 bits per heavy atom. The van der Waals surface area contributed by atoms with Crippen molar-refractivity contribution in [2.24, 2.45) is 0 Å². The highest BCUT2D eigenvalue weighted by Gasteiger charge is 2.21. The van der Waals surface area contributed by atoms with Crippen LogP contribution in [0.4, 0.5) is 5.69 Å². The van der Waals surface area contributed by atoms with Crippen LogP contribution in [0.3, 0.4) is 0 Å². The maximum absolute atomic E-state index is 11.8. The maximum Gasteiger partial charge on any atom is 0.340 e. The molecular formula is C12H13Br2NO3. The van der Waals surface area contributed by atoms with E-state index in [4.69, 9.17) is 9.47 Å². The van der Waals surface area contributed by atoms with Crippen molar-refractivity contribution < 1.29 is 14.3 Å². The van der Waals surface area contributed by atoms with Crippen LogP contribution in [0.5, 0.6) is 0 Å². The standard InChI is InChI=1S/C12H13Br2NO3/c1-17-12(16)9-4-7(13)5-10(14)11(9)15-8-2-3-18-6-8/h4-5,8,15H,2-3,6H2,1H3. The number of hydrogen-bond donors (Lipinski definition) is 1. The van der Waals surface area contributed by atoms with Crippen LogP contribution in [0.2, 0.25) is 0 Å². The fourth-order valence-electron chi connectivity index (χ4n) is 1.84. The van der Waals surface area contributed by atoms with Crippen molar-refractivity contribution in [2.75, 3.05) is 25.6 Å². The number of methoxy groups -OCH3 is 1. The molecule has 1 heterocycles. The molecule has 0 amide bonds. The zero-order chi connectivity index (χ0) is 13.1. The molecule has 0 aliphatic carbocycles. The largest absolute Gasteiger partial charge is 0.465 e. The summed E-state index contributed by atoms with van der Waals surface area (Å²) in [5.74, 6) is -0.363. The summed E-state index contributed by atoms with van der Waals surface area (Å²) in [7, 11) is 1.37. The summed E-state index contributed by atoms with van der Waals surface area (Å²) < 4.78 is 11.8. The summed E-state index contributed by atoms with van der Waals surface area (Å²) in [4.78, 5) is 11.8. The van der Waals surface area contributed by atoms with E-state index in [1.165, 1.54) is 7.11 Å². The molecule has 0 bridgehead atoms. The van der Waals surface area contributed by atoms with Gasteiger partial charge in [0.15, 0.2) is 0 Å². The van der Waals surface area contributed by atoms with E-state index in [1.54, 1.807) is 6.07 Å². The van der Waals surface area contributed by atoms with Gasteiger partial charge in [-0.05, 0) is 34.5 Å². The minimum atomic E-state index is -0.363. The van der Waals surface area contributed by atoms with E-state index < -0.39 is 0 Å². The molecule has 1 aromatic rings. The molecule has 1 N–H and O–H groups in total. The minimum Gasteiger partial charge on any atom is -0.465 e. The molecule has 1 saturated heterocycles. The van der Waals surface area contributed by atoms with Crippen LogP contribution in [0.1, 0.15) is 16.8 Å². The minimum absolute atomic E-state index is 0.228. The molecule has 0 aromatic heterocycles. The molecule has 2 rings (SSSR count). The number of benzene rings is 1. The van der Waals surface area contributed by atoms with E-state index >= 15 is 0 Å². The number of ether oxygens (including phenoxy) is 2. The van der Waals surface area contributed by atoms with E-state index in [0.29, 0.717) is 12.2 Å². The van der Waals surface area contributed by atoms with Gasteiger partial charge in [-0.15, -0.1) is 0 Å². The van der Waals surface area contributed by atoms with Crippen LogP contribution < -0.4 is 5.32 Å². The smallest absolute Gasteiger partial charge is 0.340 e. The summed E-state index contributed by atoms with van der Waals surface area (Å²) in [5.41, 5.74) is 1.26. The van der Waals surface area contributed by atoms with Crippen LogP contribution in [-0.4, -0.2) is 32.3 Å². The molecule has 1 atom stereocenters. The van der Waals surface area contributed by atoms with E-state index in [9.17, 15) is 4.79 Å². The first-order valence-electron chi connectivity index (χ1n) is 5.53. The number of carbonyl (C=O) groups is 1. The van der Waals surface area contributed by atoms with E-state index in [2.05, 4.69) is 37.2 Å². The Bertz CT molecular complexity index is 459. The molecular weight excluding hydrogens is 366 g/mol. The molecule has 1 unspecified atom stereocenters. The van der Waals surface area contributed by atoms with E-state index in [-0.39, 0.29) is 12.0 Å². The monoisotopic (exact) mass is 377 g/mol. The summed E-state index contributed by atoms with van der Waals surface area (Å²) in [6.07, 6.45) is 0.934. The number of nitrogens with one attached hydrogen (secondary N) is 1. The second-order valence-electron chi connectivity index (χ2n) is 4.01. The quantitative estimate of drug-likeness (QED) is 0.820. The zero-order valence-electron chi connectivity index (χ0n) is 9.83. The number of carbonyl (C=O) groups excluding carboxylic acids is 1. The van der Waals surface area contributed by atoms with Gasteiger partial charge in [0, 0.05) is 15.6 Å². The fourth-order valence-corrected chi connectivity index (χ4v) is 3.18. The van der Waals surface area contributed by atoms with Gasteiger partial charge in [0.2, 0.25) is 0 Å². The van der Waals surface area contributed by atoms with Crippen molar-refractivity contribution in [3.63, 3.8) is 0 Å². The van der Waals surface area contributed by atoms with Gasteiger partial charge in [-0.3, -0.25) is 0 Å². The SMILES string of the molecule is COC(=O)c1cc(Br)cc(Br)c1NC1CCOC1. The van der Waals surface area contributed by atoms with Crippen molar-refractivity contribution in [1.82, 2.24) is 0 Å². The Hall–Kier alpha value is -0.590. The van der Waals surface area contributed by atoms with Gasteiger partial charge >= 0.3 is 5.97 Å². The molecule has 0 spiro atoms. The second-order valence-corrected chi connectivity index (χ2v) is 5.78. The Balaban J connectivity index is 2.33. The first-order chi connectivity index (χ1) is 8.61. The third kappa shape index (κ3) is 3.05. The van der Waals surface area contributed by atoms with E-state index in [0.717, 1.165) is 27.7 Å². The number of hydrogen-bond acceptors (Lipinski definition) is 4. The van der Waals surface area contributed by atoms with E-state index in [1.807, 2.05) is 6.07 Å². The van der Waals surface area contributed by atoms with Gasteiger partial charge < -0.3 is 14.8 Å². The van der Waals surface area contributed by atoms with Gasteiger partial charge in [0.25, 0.3) is 0 Å². The normalized spacial score (nSPS) is 18.7. The third-order valence-electron chi connectivity index (χ3n) is 2.74. The summed E-state index contributed by atoms with van der Waals surface area (Å²) >= 11 is 6.83. The summed E-state index contributed by atoms with van der Waals surface area (Å²) in [6, 6.07) is 3.87. The second kappa shape index (κ2) is 6.04. The summed E-state index contributed by atoms with van der Waals surface area (Å²) in [6.45, 7) is 1.41. The molecule has 1 aliphatic rings.